The van der Waals surface area contributed by atoms with Gasteiger partial charge >= 0.3 is 5.69 Å². The second kappa shape index (κ2) is 8.26. The fourth-order valence-corrected chi connectivity index (χ4v) is 4.78. The van der Waals surface area contributed by atoms with E-state index in [2.05, 4.69) is 18.8 Å². The summed E-state index contributed by atoms with van der Waals surface area (Å²) in [6.07, 6.45) is 5.48. The van der Waals surface area contributed by atoms with Gasteiger partial charge in [0.25, 0.3) is 5.56 Å². The average Bonchev–Trinajstić information content (AvgIpc) is 3.46. The molecule has 5 rings (SSSR count). The second-order valence-corrected chi connectivity index (χ2v) is 9.01. The maximum absolute atomic E-state index is 13.7. The molecule has 6 heteroatoms. The van der Waals surface area contributed by atoms with Crippen LogP contribution >= 0.6 is 0 Å². The highest BCUT2D eigenvalue weighted by Crippen LogP contribution is 2.28. The molecule has 6 nitrogen and oxygen atoms in total. The van der Waals surface area contributed by atoms with Crippen LogP contribution in [0.3, 0.4) is 0 Å². The van der Waals surface area contributed by atoms with Crippen LogP contribution in [0.5, 0.6) is 0 Å². The standard InChI is InChI=1S/C26H28N4O2/c1-18(2)20-12-14-22(15-13-20)29-24-23(25(31)30(26(29)32)21-10-6-7-11-21)28(17-27-24)16-19-8-4-3-5-9-19/h3-5,8-9,12-15,17-18,21H,6-7,10-11,16H2,1-2H3. The maximum atomic E-state index is 13.7. The van der Waals surface area contributed by atoms with Crippen LogP contribution in [-0.4, -0.2) is 18.7 Å². The third-order valence-corrected chi connectivity index (χ3v) is 6.55. The average molecular weight is 429 g/mol. The Balaban J connectivity index is 1.75. The van der Waals surface area contributed by atoms with E-state index in [1.165, 1.54) is 10.1 Å². The van der Waals surface area contributed by atoms with Crippen LogP contribution in [0.1, 0.15) is 62.6 Å². The summed E-state index contributed by atoms with van der Waals surface area (Å²) in [6.45, 7) is 4.82. The molecule has 2 aromatic carbocycles. The summed E-state index contributed by atoms with van der Waals surface area (Å²) in [6, 6.07) is 17.9. The molecule has 1 fully saturated rings. The summed E-state index contributed by atoms with van der Waals surface area (Å²) in [5, 5.41) is 0. The van der Waals surface area contributed by atoms with Crippen LogP contribution in [0.25, 0.3) is 16.9 Å². The quantitative estimate of drug-likeness (QED) is 0.465. The van der Waals surface area contributed by atoms with Crippen molar-refractivity contribution < 1.29 is 0 Å². The number of hydrogen-bond donors (Lipinski definition) is 0. The number of benzene rings is 2. The van der Waals surface area contributed by atoms with Gasteiger partial charge < -0.3 is 4.57 Å². The number of nitrogens with zero attached hydrogens (tertiary/aromatic N) is 4. The molecule has 0 aliphatic heterocycles. The third kappa shape index (κ3) is 3.49. The van der Waals surface area contributed by atoms with Crippen LogP contribution in [0.15, 0.2) is 70.5 Å². The molecule has 2 aromatic heterocycles. The van der Waals surface area contributed by atoms with Crippen LogP contribution in [0.2, 0.25) is 0 Å². The molecular weight excluding hydrogens is 400 g/mol. The van der Waals surface area contributed by atoms with Gasteiger partial charge in [-0.2, -0.15) is 0 Å². The Hall–Kier alpha value is -3.41. The molecule has 0 saturated heterocycles. The lowest BCUT2D eigenvalue weighted by atomic mass is 10.0. The number of rotatable bonds is 5. The first-order valence-corrected chi connectivity index (χ1v) is 11.4. The van der Waals surface area contributed by atoms with Gasteiger partial charge in [0, 0.05) is 12.6 Å². The molecule has 1 aliphatic carbocycles. The Kier molecular flexibility index (Phi) is 5.29. The molecule has 0 atom stereocenters. The van der Waals surface area contributed by atoms with E-state index in [1.807, 2.05) is 59.2 Å². The monoisotopic (exact) mass is 428 g/mol. The van der Waals surface area contributed by atoms with E-state index < -0.39 is 0 Å². The van der Waals surface area contributed by atoms with Gasteiger partial charge in [-0.3, -0.25) is 9.36 Å². The SMILES string of the molecule is CC(C)c1ccc(-n2c(=O)n(C3CCCC3)c(=O)c3c2ncn3Cc2ccccc2)cc1. The van der Waals surface area contributed by atoms with E-state index in [-0.39, 0.29) is 17.3 Å². The van der Waals surface area contributed by atoms with Crippen molar-refractivity contribution in [3.63, 3.8) is 0 Å². The van der Waals surface area contributed by atoms with E-state index in [0.29, 0.717) is 23.6 Å². The Bertz CT molecular complexity index is 1360. The lowest BCUT2D eigenvalue weighted by Crippen LogP contribution is -2.41. The van der Waals surface area contributed by atoms with Crippen LogP contribution in [0.4, 0.5) is 0 Å². The summed E-state index contributed by atoms with van der Waals surface area (Å²) in [5.41, 5.74) is 3.39. The number of hydrogen-bond acceptors (Lipinski definition) is 3. The summed E-state index contributed by atoms with van der Waals surface area (Å²) in [5.74, 6) is 0.401. The molecule has 4 aromatic rings. The molecule has 1 aliphatic rings. The molecule has 0 amide bonds. The minimum Gasteiger partial charge on any atom is -0.320 e. The minimum atomic E-state index is -0.295. The largest absolute Gasteiger partial charge is 0.337 e. The first kappa shape index (κ1) is 20.5. The lowest BCUT2D eigenvalue weighted by molar-refractivity contribution is 0.474. The van der Waals surface area contributed by atoms with Gasteiger partial charge in [0.05, 0.1) is 12.0 Å². The van der Waals surface area contributed by atoms with Gasteiger partial charge in [-0.05, 0) is 42.0 Å². The Morgan fingerprint density at radius 3 is 2.31 bits per heavy atom. The lowest BCUT2D eigenvalue weighted by Gasteiger charge is -2.17. The van der Waals surface area contributed by atoms with Crippen molar-refractivity contribution in [2.45, 2.75) is 58.0 Å². The first-order chi connectivity index (χ1) is 15.5. The van der Waals surface area contributed by atoms with Crippen molar-refractivity contribution in [3.8, 4) is 5.69 Å². The van der Waals surface area contributed by atoms with Gasteiger partial charge in [-0.1, -0.05) is 69.2 Å². The summed E-state index contributed by atoms with van der Waals surface area (Å²) in [7, 11) is 0. The maximum Gasteiger partial charge on any atom is 0.337 e. The Morgan fingerprint density at radius 2 is 1.66 bits per heavy atom. The van der Waals surface area contributed by atoms with Crippen molar-refractivity contribution in [2.75, 3.05) is 0 Å². The second-order valence-electron chi connectivity index (χ2n) is 9.01. The Labute approximate surface area is 186 Å². The highest BCUT2D eigenvalue weighted by Gasteiger charge is 2.26. The molecule has 0 radical (unpaired) electrons. The summed E-state index contributed by atoms with van der Waals surface area (Å²) >= 11 is 0. The van der Waals surface area contributed by atoms with Crippen LogP contribution in [-0.2, 0) is 6.54 Å². The molecule has 0 bridgehead atoms. The van der Waals surface area contributed by atoms with Crippen LogP contribution in [0, 0.1) is 0 Å². The number of aromatic nitrogens is 4. The number of fused-ring (bicyclic) bond motifs is 1. The molecule has 0 unspecified atom stereocenters. The molecule has 1 saturated carbocycles. The minimum absolute atomic E-state index is 0.0549. The van der Waals surface area contributed by atoms with Crippen LogP contribution < -0.4 is 11.2 Å². The smallest absolute Gasteiger partial charge is 0.320 e. The van der Waals surface area contributed by atoms with E-state index in [4.69, 9.17) is 0 Å². The fraction of sp³-hybridized carbons (Fsp3) is 0.346. The Morgan fingerprint density at radius 1 is 0.969 bits per heavy atom. The highest BCUT2D eigenvalue weighted by atomic mass is 16.2. The molecule has 32 heavy (non-hydrogen) atoms. The predicted molar refractivity (Wildman–Crippen MR) is 127 cm³/mol. The zero-order valence-electron chi connectivity index (χ0n) is 18.6. The van der Waals surface area contributed by atoms with E-state index in [9.17, 15) is 9.59 Å². The van der Waals surface area contributed by atoms with Crippen molar-refractivity contribution in [1.29, 1.82) is 0 Å². The van der Waals surface area contributed by atoms with Crippen molar-refractivity contribution >= 4 is 11.2 Å². The first-order valence-electron chi connectivity index (χ1n) is 11.4. The van der Waals surface area contributed by atoms with Gasteiger partial charge in [-0.15, -0.1) is 0 Å². The van der Waals surface area contributed by atoms with Crippen molar-refractivity contribution in [3.05, 3.63) is 92.9 Å². The van der Waals surface area contributed by atoms with E-state index in [1.54, 1.807) is 10.9 Å². The van der Waals surface area contributed by atoms with Gasteiger partial charge in [0.2, 0.25) is 0 Å². The predicted octanol–water partition coefficient (Wildman–Crippen LogP) is 4.64. The zero-order valence-corrected chi connectivity index (χ0v) is 18.6. The molecule has 164 valence electrons. The van der Waals surface area contributed by atoms with E-state index in [0.717, 1.165) is 36.9 Å². The van der Waals surface area contributed by atoms with Gasteiger partial charge in [-0.25, -0.2) is 14.3 Å². The van der Waals surface area contributed by atoms with Crippen molar-refractivity contribution in [2.24, 2.45) is 0 Å². The third-order valence-electron chi connectivity index (χ3n) is 6.55. The molecule has 0 spiro atoms. The number of imidazole rings is 1. The highest BCUT2D eigenvalue weighted by molar-refractivity contribution is 5.72. The van der Waals surface area contributed by atoms with E-state index >= 15 is 0 Å². The molecule has 0 N–H and O–H groups in total. The summed E-state index contributed by atoms with van der Waals surface area (Å²) < 4.78 is 4.96. The zero-order chi connectivity index (χ0) is 22.2. The molecule has 2 heterocycles. The normalized spacial score (nSPS) is 14.6. The van der Waals surface area contributed by atoms with Crippen molar-refractivity contribution in [1.82, 2.24) is 18.7 Å². The fourth-order valence-electron chi connectivity index (χ4n) is 4.78. The topological polar surface area (TPSA) is 61.8 Å². The van der Waals surface area contributed by atoms with Gasteiger partial charge in [0.1, 0.15) is 0 Å². The molecular formula is C26H28N4O2. The van der Waals surface area contributed by atoms with Gasteiger partial charge in [0.15, 0.2) is 11.2 Å². The summed E-state index contributed by atoms with van der Waals surface area (Å²) in [4.78, 5) is 31.8.